The van der Waals surface area contributed by atoms with Gasteiger partial charge in [0, 0.05) is 26.1 Å². The zero-order valence-corrected chi connectivity index (χ0v) is 36.0. The molecule has 5 aromatic rings. The van der Waals surface area contributed by atoms with Gasteiger partial charge in [-0.05, 0) is 38.7 Å². The van der Waals surface area contributed by atoms with Crippen LogP contribution in [0.25, 0.3) is 0 Å². The van der Waals surface area contributed by atoms with Gasteiger partial charge < -0.3 is 48.1 Å². The molecule has 1 saturated heterocycles. The molecule has 0 spiro atoms. The largest absolute Gasteiger partial charge is 1.00 e. The van der Waals surface area contributed by atoms with Gasteiger partial charge >= 0.3 is 6.09 Å². The van der Waals surface area contributed by atoms with E-state index in [1.165, 1.54) is 10.4 Å². The summed E-state index contributed by atoms with van der Waals surface area (Å²) in [5.41, 5.74) is 3.21. The Morgan fingerprint density at radius 3 is 2.09 bits per heavy atom. The standard InChI is InChI=1S/C44H53N6O4Si.HI/c1-44(2,3)55(38-17-10-6-11-18-38,39-19-12-7-13-20-39)54-30-14-28-50-29-27-48(43(51)53-33-36-15-8-5-9-16-36)25-26-49(50)42-40(32-50)41(46-34-47-42)45-31-35-21-23-37(52-4)24-22-35;/h5-13,15-24,34H,14,25-33H2,1-4H3,(H,45,46,47);1H/q+1;/p-1. The first-order chi connectivity index (χ1) is 26.7. The fourth-order valence-corrected chi connectivity index (χ4v) is 12.8. The van der Waals surface area contributed by atoms with E-state index in [0.717, 1.165) is 47.0 Å². The summed E-state index contributed by atoms with van der Waals surface area (Å²) in [6, 6.07) is 39.5. The summed E-state index contributed by atoms with van der Waals surface area (Å²) in [7, 11) is -1.02. The number of aromatic nitrogens is 2. The van der Waals surface area contributed by atoms with Gasteiger partial charge in [-0.15, -0.1) is 0 Å². The lowest BCUT2D eigenvalue weighted by atomic mass is 10.2. The fourth-order valence-electron chi connectivity index (χ4n) is 8.24. The van der Waals surface area contributed by atoms with Crippen molar-refractivity contribution < 1.29 is 47.3 Å². The quantitative estimate of drug-likeness (QED) is 0.0829. The second kappa shape index (κ2) is 18.2. The first kappa shape index (κ1) is 41.1. The SMILES string of the molecule is COc1ccc(CNc2ncnc3c2C[N+]2(CCCO[Si](c4ccccc4)(c4ccccc4)C(C)(C)C)CCN(C(=O)OCc4ccccc4)CCN32)cc1.[I-]. The van der Waals surface area contributed by atoms with Gasteiger partial charge in [0.2, 0.25) is 0 Å². The summed E-state index contributed by atoms with van der Waals surface area (Å²) >= 11 is 0. The molecule has 0 bridgehead atoms. The summed E-state index contributed by atoms with van der Waals surface area (Å²) in [5, 5.41) is 8.44. The van der Waals surface area contributed by atoms with E-state index in [0.29, 0.717) is 50.5 Å². The van der Waals surface area contributed by atoms with Crippen LogP contribution >= 0.6 is 0 Å². The molecule has 1 amide bonds. The number of methoxy groups -OCH3 is 1. The topological polar surface area (TPSA) is 89.0 Å². The number of quaternary nitrogens is 1. The highest BCUT2D eigenvalue weighted by molar-refractivity contribution is 6.99. The molecule has 12 heteroatoms. The van der Waals surface area contributed by atoms with E-state index in [1.807, 2.05) is 47.4 Å². The predicted octanol–water partition coefficient (Wildman–Crippen LogP) is 3.77. The minimum Gasteiger partial charge on any atom is -1.00 e. The van der Waals surface area contributed by atoms with Crippen LogP contribution in [0.2, 0.25) is 5.04 Å². The number of ether oxygens (including phenoxy) is 2. The van der Waals surface area contributed by atoms with E-state index in [2.05, 4.69) is 104 Å². The van der Waals surface area contributed by atoms with Gasteiger partial charge in [-0.3, -0.25) is 0 Å². The van der Waals surface area contributed by atoms with Crippen LogP contribution in [0.1, 0.15) is 43.9 Å². The number of hydrogen-bond donors (Lipinski definition) is 1. The lowest BCUT2D eigenvalue weighted by Gasteiger charge is -2.43. The molecule has 1 unspecified atom stereocenters. The number of anilines is 2. The van der Waals surface area contributed by atoms with Crippen LogP contribution in [0, 0.1) is 0 Å². The third-order valence-corrected chi connectivity index (χ3v) is 16.1. The molecule has 0 saturated carbocycles. The molecule has 294 valence electrons. The Bertz CT molecular complexity index is 1980. The zero-order chi connectivity index (χ0) is 38.3. The minimum absolute atomic E-state index is 0. The Morgan fingerprint density at radius 2 is 1.46 bits per heavy atom. The van der Waals surface area contributed by atoms with Crippen molar-refractivity contribution in [3.8, 4) is 5.75 Å². The Hall–Kier alpha value is -4.50. The molecule has 2 aliphatic heterocycles. The molecule has 1 aromatic heterocycles. The Morgan fingerprint density at radius 1 is 0.821 bits per heavy atom. The van der Waals surface area contributed by atoms with Crippen molar-refractivity contribution in [3.05, 3.63) is 138 Å². The van der Waals surface area contributed by atoms with Gasteiger partial charge in [0.15, 0.2) is 5.82 Å². The van der Waals surface area contributed by atoms with Crippen LogP contribution in [-0.2, 0) is 28.9 Å². The van der Waals surface area contributed by atoms with E-state index in [-0.39, 0.29) is 41.7 Å². The fraction of sp³-hybridized carbons (Fsp3) is 0.341. The monoisotopic (exact) mass is 884 g/mol. The molecular formula is C44H53IN6O4Si. The van der Waals surface area contributed by atoms with Gasteiger partial charge in [0.25, 0.3) is 8.32 Å². The highest BCUT2D eigenvalue weighted by Crippen LogP contribution is 2.41. The van der Waals surface area contributed by atoms with Gasteiger partial charge in [0.1, 0.15) is 44.1 Å². The van der Waals surface area contributed by atoms with E-state index in [1.54, 1.807) is 13.4 Å². The molecule has 2 aliphatic rings. The molecule has 0 aliphatic carbocycles. The summed E-state index contributed by atoms with van der Waals surface area (Å²) < 4.78 is 19.2. The first-order valence-electron chi connectivity index (χ1n) is 19.3. The number of benzene rings is 4. The summed E-state index contributed by atoms with van der Waals surface area (Å²) in [4.78, 5) is 24.9. The second-order valence-corrected chi connectivity index (χ2v) is 19.7. The van der Waals surface area contributed by atoms with Crippen LogP contribution in [-0.4, -0.2) is 80.3 Å². The molecule has 1 atom stereocenters. The Labute approximate surface area is 349 Å². The molecule has 4 aromatic carbocycles. The van der Waals surface area contributed by atoms with Crippen LogP contribution < -0.4 is 49.4 Å². The second-order valence-electron chi connectivity index (χ2n) is 15.4. The number of carbonyl (C=O) groups is 1. The van der Waals surface area contributed by atoms with Gasteiger partial charge in [0.05, 0.1) is 25.8 Å². The number of fused-ring (bicyclic) bond motifs is 3. The molecule has 56 heavy (non-hydrogen) atoms. The van der Waals surface area contributed by atoms with Crippen molar-refractivity contribution in [2.24, 2.45) is 0 Å². The molecular weight excluding hydrogens is 832 g/mol. The smallest absolute Gasteiger partial charge is 0.410 e. The van der Waals surface area contributed by atoms with Crippen molar-refractivity contribution in [2.75, 3.05) is 56.8 Å². The van der Waals surface area contributed by atoms with Crippen LogP contribution in [0.5, 0.6) is 5.75 Å². The molecule has 7 rings (SSSR count). The lowest BCUT2D eigenvalue weighted by Crippen LogP contribution is -3.00. The summed E-state index contributed by atoms with van der Waals surface area (Å²) in [6.45, 7) is 12.4. The highest BCUT2D eigenvalue weighted by Gasteiger charge is 2.51. The van der Waals surface area contributed by atoms with Crippen LogP contribution in [0.15, 0.2) is 122 Å². The maximum absolute atomic E-state index is 13.5. The van der Waals surface area contributed by atoms with Gasteiger partial charge in [-0.2, -0.15) is 0 Å². The predicted molar refractivity (Wildman–Crippen MR) is 220 cm³/mol. The Balaban J connectivity index is 0.00000532. The van der Waals surface area contributed by atoms with Crippen molar-refractivity contribution in [3.63, 3.8) is 0 Å². The van der Waals surface area contributed by atoms with E-state index in [4.69, 9.17) is 23.9 Å². The third-order valence-electron chi connectivity index (χ3n) is 11.0. The van der Waals surface area contributed by atoms with Gasteiger partial charge in [-0.25, -0.2) is 24.4 Å². The normalized spacial score (nSPS) is 16.6. The number of carbonyl (C=O) groups excluding carboxylic acids is 1. The number of amides is 1. The van der Waals surface area contributed by atoms with Crippen molar-refractivity contribution in [1.82, 2.24) is 14.9 Å². The van der Waals surface area contributed by atoms with E-state index in [9.17, 15) is 4.79 Å². The number of nitrogens with one attached hydrogen (secondary N) is 1. The number of nitrogens with zero attached hydrogens (tertiary/aromatic N) is 5. The third kappa shape index (κ3) is 8.73. The number of halogens is 1. The summed E-state index contributed by atoms with van der Waals surface area (Å²) in [5.74, 6) is 2.59. The van der Waals surface area contributed by atoms with Crippen molar-refractivity contribution >= 4 is 36.4 Å². The first-order valence-corrected chi connectivity index (χ1v) is 21.2. The maximum Gasteiger partial charge on any atom is 0.410 e. The lowest BCUT2D eigenvalue weighted by molar-refractivity contribution is -0.941. The Kier molecular flexibility index (Phi) is 13.4. The van der Waals surface area contributed by atoms with Crippen molar-refractivity contribution in [2.45, 2.75) is 51.9 Å². The zero-order valence-electron chi connectivity index (χ0n) is 32.9. The van der Waals surface area contributed by atoms with Crippen LogP contribution in [0.4, 0.5) is 16.4 Å². The molecule has 1 N–H and O–H groups in total. The summed E-state index contributed by atoms with van der Waals surface area (Å²) in [6.07, 6.45) is 2.19. The molecule has 10 nitrogen and oxygen atoms in total. The van der Waals surface area contributed by atoms with Crippen LogP contribution in [0.3, 0.4) is 0 Å². The van der Waals surface area contributed by atoms with E-state index >= 15 is 0 Å². The maximum atomic E-state index is 13.5. The molecule has 3 heterocycles. The number of rotatable bonds is 13. The average molecular weight is 885 g/mol. The molecule has 1 fully saturated rings. The van der Waals surface area contributed by atoms with E-state index < -0.39 is 8.32 Å². The molecule has 0 radical (unpaired) electrons. The van der Waals surface area contributed by atoms with Gasteiger partial charge in [-0.1, -0.05) is 124 Å². The number of hydrogen-bond acceptors (Lipinski definition) is 8. The minimum atomic E-state index is -2.70. The van der Waals surface area contributed by atoms with Crippen molar-refractivity contribution in [1.29, 1.82) is 0 Å². The highest BCUT2D eigenvalue weighted by atomic mass is 127. The average Bonchev–Trinajstić information content (AvgIpc) is 3.41.